The van der Waals surface area contributed by atoms with Crippen molar-refractivity contribution in [1.82, 2.24) is 10.3 Å². The molecule has 0 atom stereocenters. The van der Waals surface area contributed by atoms with Gasteiger partial charge in [-0.1, -0.05) is 0 Å². The molecule has 1 saturated heterocycles. The number of hydrogen-bond donors (Lipinski definition) is 2. The Hall–Kier alpha value is -2.38. The third kappa shape index (κ3) is 3.09. The van der Waals surface area contributed by atoms with E-state index in [1.54, 1.807) is 11.9 Å². The quantitative estimate of drug-likeness (QED) is 0.604. The summed E-state index contributed by atoms with van der Waals surface area (Å²) in [6.45, 7) is 1.41. The molecule has 0 unspecified atom stereocenters. The van der Waals surface area contributed by atoms with Crippen molar-refractivity contribution in [2.75, 3.05) is 36.9 Å². The van der Waals surface area contributed by atoms with Crippen molar-refractivity contribution >= 4 is 23.2 Å². The number of nitrogens with one attached hydrogen (secondary N) is 2. The lowest BCUT2D eigenvalue weighted by Crippen LogP contribution is -2.33. The molecule has 0 saturated carbocycles. The Bertz CT molecular complexity index is 505. The van der Waals surface area contributed by atoms with Crippen molar-refractivity contribution in [3.63, 3.8) is 0 Å². The second-order valence-corrected chi connectivity index (χ2v) is 4.20. The van der Waals surface area contributed by atoms with E-state index < -0.39 is 4.92 Å². The maximum absolute atomic E-state index is 11.5. The minimum absolute atomic E-state index is 0.0426. The van der Waals surface area contributed by atoms with E-state index in [1.807, 2.05) is 0 Å². The van der Waals surface area contributed by atoms with Gasteiger partial charge in [-0.3, -0.25) is 14.9 Å². The maximum Gasteiger partial charge on any atom is 0.276 e. The number of amides is 1. The number of carbonyl (C=O) groups excluding carboxylic acids is 1. The number of anilines is 2. The molecular weight excluding hydrogens is 250 g/mol. The Morgan fingerprint density at radius 3 is 3.00 bits per heavy atom. The molecule has 8 nitrogen and oxygen atoms in total. The van der Waals surface area contributed by atoms with Crippen LogP contribution in [0.2, 0.25) is 0 Å². The van der Waals surface area contributed by atoms with Crippen LogP contribution < -0.4 is 15.5 Å². The molecule has 19 heavy (non-hydrogen) atoms. The standard InChI is InChI=1S/C11H15N5O3/c1-12-9-5-8(16(18)19)6-10(14-9)15-4-2-3-13-11(17)7-15/h5-6H,2-4,7H2,1H3,(H,12,14)(H,13,17). The highest BCUT2D eigenvalue weighted by Crippen LogP contribution is 2.23. The van der Waals surface area contributed by atoms with Gasteiger partial charge >= 0.3 is 0 Å². The fourth-order valence-corrected chi connectivity index (χ4v) is 1.90. The molecule has 1 aromatic rings. The molecule has 1 aliphatic rings. The molecule has 0 aromatic carbocycles. The molecule has 1 fully saturated rings. The van der Waals surface area contributed by atoms with Crippen molar-refractivity contribution in [2.24, 2.45) is 0 Å². The van der Waals surface area contributed by atoms with Crippen molar-refractivity contribution in [3.8, 4) is 0 Å². The van der Waals surface area contributed by atoms with Gasteiger partial charge in [-0.05, 0) is 6.42 Å². The fraction of sp³-hybridized carbons (Fsp3) is 0.455. The number of carbonyl (C=O) groups is 1. The van der Waals surface area contributed by atoms with E-state index in [0.717, 1.165) is 6.42 Å². The van der Waals surface area contributed by atoms with Gasteiger partial charge in [-0.2, -0.15) is 0 Å². The lowest BCUT2D eigenvalue weighted by molar-refractivity contribution is -0.384. The summed E-state index contributed by atoms with van der Waals surface area (Å²) in [6.07, 6.45) is 0.783. The van der Waals surface area contributed by atoms with Crippen molar-refractivity contribution in [1.29, 1.82) is 0 Å². The molecule has 2 rings (SSSR count). The smallest absolute Gasteiger partial charge is 0.276 e. The third-order valence-electron chi connectivity index (χ3n) is 2.85. The van der Waals surface area contributed by atoms with Crippen LogP contribution in [0, 0.1) is 10.1 Å². The molecule has 102 valence electrons. The Balaban J connectivity index is 2.34. The van der Waals surface area contributed by atoms with Crippen molar-refractivity contribution in [2.45, 2.75) is 6.42 Å². The SMILES string of the molecule is CNc1cc([N+](=O)[O-])cc(N2CCCNC(=O)C2)n1. The minimum Gasteiger partial charge on any atom is -0.373 e. The molecule has 0 radical (unpaired) electrons. The van der Waals surface area contributed by atoms with Crippen LogP contribution in [0.15, 0.2) is 12.1 Å². The number of hydrogen-bond acceptors (Lipinski definition) is 6. The summed E-state index contributed by atoms with van der Waals surface area (Å²) in [5.74, 6) is 0.751. The van der Waals surface area contributed by atoms with Crippen LogP contribution in [-0.2, 0) is 4.79 Å². The number of pyridine rings is 1. The largest absolute Gasteiger partial charge is 0.373 e. The second kappa shape index (κ2) is 5.51. The number of nitrogens with zero attached hydrogens (tertiary/aromatic N) is 3. The zero-order valence-corrected chi connectivity index (χ0v) is 10.5. The molecule has 2 N–H and O–H groups in total. The van der Waals surface area contributed by atoms with Crippen molar-refractivity contribution in [3.05, 3.63) is 22.2 Å². The summed E-state index contributed by atoms with van der Waals surface area (Å²) in [7, 11) is 1.64. The summed E-state index contributed by atoms with van der Waals surface area (Å²) in [6, 6.07) is 2.75. The summed E-state index contributed by atoms with van der Waals surface area (Å²) in [5.41, 5.74) is -0.0426. The molecule has 2 heterocycles. The van der Waals surface area contributed by atoms with Gasteiger partial charge in [-0.15, -0.1) is 0 Å². The zero-order chi connectivity index (χ0) is 13.8. The van der Waals surface area contributed by atoms with Crippen LogP contribution >= 0.6 is 0 Å². The fourth-order valence-electron chi connectivity index (χ4n) is 1.90. The van der Waals surface area contributed by atoms with E-state index in [-0.39, 0.29) is 18.1 Å². The van der Waals surface area contributed by atoms with Gasteiger partial charge < -0.3 is 15.5 Å². The minimum atomic E-state index is -0.468. The van der Waals surface area contributed by atoms with Crippen LogP contribution in [-0.4, -0.2) is 42.5 Å². The first-order valence-electron chi connectivity index (χ1n) is 5.96. The number of nitro groups is 1. The predicted octanol–water partition coefficient (Wildman–Crippen LogP) is 0.358. The Kier molecular flexibility index (Phi) is 3.79. The first-order chi connectivity index (χ1) is 9.10. The predicted molar refractivity (Wildman–Crippen MR) is 70.3 cm³/mol. The first-order valence-corrected chi connectivity index (χ1v) is 5.96. The Morgan fingerprint density at radius 1 is 1.53 bits per heavy atom. The molecule has 0 aliphatic carbocycles. The van der Waals surface area contributed by atoms with E-state index >= 15 is 0 Å². The molecule has 1 amide bonds. The van der Waals surface area contributed by atoms with Gasteiger partial charge in [0.15, 0.2) is 0 Å². The molecule has 0 bridgehead atoms. The monoisotopic (exact) mass is 265 g/mol. The van der Waals surface area contributed by atoms with Crippen LogP contribution in [0.1, 0.15) is 6.42 Å². The summed E-state index contributed by atoms with van der Waals surface area (Å²) < 4.78 is 0. The van der Waals surface area contributed by atoms with Crippen molar-refractivity contribution < 1.29 is 9.72 Å². The average molecular weight is 265 g/mol. The van der Waals surface area contributed by atoms with E-state index in [9.17, 15) is 14.9 Å². The maximum atomic E-state index is 11.5. The Morgan fingerprint density at radius 2 is 2.32 bits per heavy atom. The molecule has 8 heteroatoms. The average Bonchev–Trinajstić information content (AvgIpc) is 2.62. The van der Waals surface area contributed by atoms with Gasteiger partial charge in [-0.25, -0.2) is 4.98 Å². The van der Waals surface area contributed by atoms with Gasteiger partial charge in [0.2, 0.25) is 5.91 Å². The van der Waals surface area contributed by atoms with E-state index in [0.29, 0.717) is 24.7 Å². The van der Waals surface area contributed by atoms with E-state index in [4.69, 9.17) is 0 Å². The highest BCUT2D eigenvalue weighted by atomic mass is 16.6. The first kappa shape index (κ1) is 13.1. The summed E-state index contributed by atoms with van der Waals surface area (Å²) >= 11 is 0. The zero-order valence-electron chi connectivity index (χ0n) is 10.5. The lowest BCUT2D eigenvalue weighted by Gasteiger charge is -2.20. The summed E-state index contributed by atoms with van der Waals surface area (Å²) in [4.78, 5) is 27.9. The van der Waals surface area contributed by atoms with Crippen LogP contribution in [0.5, 0.6) is 0 Å². The van der Waals surface area contributed by atoms with Crippen LogP contribution in [0.4, 0.5) is 17.3 Å². The second-order valence-electron chi connectivity index (χ2n) is 4.20. The number of rotatable bonds is 3. The van der Waals surface area contributed by atoms with Crippen LogP contribution in [0.3, 0.4) is 0 Å². The molecule has 1 aromatic heterocycles. The normalized spacial score (nSPS) is 15.6. The third-order valence-corrected chi connectivity index (χ3v) is 2.85. The molecular formula is C11H15N5O3. The highest BCUT2D eigenvalue weighted by molar-refractivity contribution is 5.81. The van der Waals surface area contributed by atoms with Gasteiger partial charge in [0.1, 0.15) is 11.6 Å². The van der Waals surface area contributed by atoms with E-state index in [1.165, 1.54) is 12.1 Å². The lowest BCUT2D eigenvalue weighted by atomic mass is 10.3. The number of aromatic nitrogens is 1. The van der Waals surface area contributed by atoms with Gasteiger partial charge in [0, 0.05) is 20.1 Å². The Labute approximate surface area is 110 Å². The van der Waals surface area contributed by atoms with Crippen LogP contribution in [0.25, 0.3) is 0 Å². The molecule has 1 aliphatic heterocycles. The summed E-state index contributed by atoms with van der Waals surface area (Å²) in [5, 5.41) is 16.4. The van der Waals surface area contributed by atoms with E-state index in [2.05, 4.69) is 15.6 Å². The van der Waals surface area contributed by atoms with Gasteiger partial charge in [0.25, 0.3) is 5.69 Å². The topological polar surface area (TPSA) is 100 Å². The highest BCUT2D eigenvalue weighted by Gasteiger charge is 2.19. The van der Waals surface area contributed by atoms with Gasteiger partial charge in [0.05, 0.1) is 23.6 Å². The molecule has 0 spiro atoms.